The van der Waals surface area contributed by atoms with E-state index in [1.807, 2.05) is 19.9 Å². The smallest absolute Gasteiger partial charge is 0.277 e. The zero-order chi connectivity index (χ0) is 13.6. The van der Waals surface area contributed by atoms with Gasteiger partial charge in [-0.2, -0.15) is 13.1 Å². The van der Waals surface area contributed by atoms with Gasteiger partial charge >= 0.3 is 0 Å². The van der Waals surface area contributed by atoms with Crippen molar-refractivity contribution in [1.29, 1.82) is 0 Å². The minimum absolute atomic E-state index is 0.0442. The van der Waals surface area contributed by atoms with Crippen molar-refractivity contribution in [1.82, 2.24) is 9.44 Å². The second-order valence-corrected chi connectivity index (χ2v) is 6.10. The molecule has 1 aromatic carbocycles. The summed E-state index contributed by atoms with van der Waals surface area (Å²) in [4.78, 5) is 0. The summed E-state index contributed by atoms with van der Waals surface area (Å²) in [5.41, 5.74) is 0.684. The van der Waals surface area contributed by atoms with Gasteiger partial charge in [-0.1, -0.05) is 44.2 Å². The van der Waals surface area contributed by atoms with Gasteiger partial charge in [0.15, 0.2) is 0 Å². The van der Waals surface area contributed by atoms with E-state index in [4.69, 9.17) is 0 Å². The molecular formula is C12H20N2O3S. The Bertz CT molecular complexity index is 446. The Morgan fingerprint density at radius 2 is 1.67 bits per heavy atom. The molecule has 6 heteroatoms. The molecule has 0 aliphatic rings. The van der Waals surface area contributed by atoms with Gasteiger partial charge in [-0.3, -0.25) is 0 Å². The fourth-order valence-electron chi connectivity index (χ4n) is 1.31. The third kappa shape index (κ3) is 5.59. The van der Waals surface area contributed by atoms with Crippen LogP contribution >= 0.6 is 0 Å². The number of nitrogens with one attached hydrogen (secondary N) is 2. The molecule has 102 valence electrons. The van der Waals surface area contributed by atoms with Gasteiger partial charge in [-0.25, -0.2) is 4.72 Å². The van der Waals surface area contributed by atoms with E-state index in [0.29, 0.717) is 12.1 Å². The van der Waals surface area contributed by atoms with Gasteiger partial charge in [0.25, 0.3) is 10.2 Å². The molecule has 18 heavy (non-hydrogen) atoms. The Labute approximate surface area is 108 Å². The molecule has 1 aromatic rings. The van der Waals surface area contributed by atoms with E-state index in [1.54, 1.807) is 24.3 Å². The molecule has 0 aromatic heterocycles. The second kappa shape index (κ2) is 6.84. The standard InChI is InChI=1S/C12H20N2O3S/c1-10(2)8-13-18(16,17)14-9-12(15)11-6-4-3-5-7-11/h3-7,10,12-15H,8-9H2,1-2H3. The number of hydrogen-bond donors (Lipinski definition) is 3. The summed E-state index contributed by atoms with van der Waals surface area (Å²) in [6, 6.07) is 8.93. The van der Waals surface area contributed by atoms with E-state index < -0.39 is 16.3 Å². The Morgan fingerprint density at radius 1 is 1.11 bits per heavy atom. The molecular weight excluding hydrogens is 252 g/mol. The zero-order valence-electron chi connectivity index (χ0n) is 10.6. The van der Waals surface area contributed by atoms with E-state index in [1.165, 1.54) is 0 Å². The van der Waals surface area contributed by atoms with Crippen LogP contribution in [-0.4, -0.2) is 26.6 Å². The molecule has 0 bridgehead atoms. The molecule has 5 nitrogen and oxygen atoms in total. The molecule has 3 N–H and O–H groups in total. The predicted molar refractivity (Wildman–Crippen MR) is 71.2 cm³/mol. The van der Waals surface area contributed by atoms with Crippen LogP contribution < -0.4 is 9.44 Å². The fourth-order valence-corrected chi connectivity index (χ4v) is 2.34. The molecule has 0 heterocycles. The maximum atomic E-state index is 11.5. The van der Waals surface area contributed by atoms with Crippen molar-refractivity contribution in [3.05, 3.63) is 35.9 Å². The minimum Gasteiger partial charge on any atom is -0.387 e. The molecule has 0 aliphatic carbocycles. The largest absolute Gasteiger partial charge is 0.387 e. The van der Waals surface area contributed by atoms with Crippen LogP contribution in [0.4, 0.5) is 0 Å². The summed E-state index contributed by atoms with van der Waals surface area (Å²) in [6.07, 6.45) is -0.846. The molecule has 0 spiro atoms. The first-order valence-corrected chi connectivity index (χ1v) is 7.36. The Balaban J connectivity index is 2.45. The summed E-state index contributed by atoms with van der Waals surface area (Å²) < 4.78 is 27.8. The normalized spacial score (nSPS) is 13.8. The average molecular weight is 272 g/mol. The molecule has 1 rings (SSSR count). The summed E-state index contributed by atoms with van der Waals surface area (Å²) in [6.45, 7) is 4.16. The molecule has 1 unspecified atom stereocenters. The van der Waals surface area contributed by atoms with Gasteiger partial charge in [-0.15, -0.1) is 0 Å². The highest BCUT2D eigenvalue weighted by molar-refractivity contribution is 7.87. The van der Waals surface area contributed by atoms with Gasteiger partial charge in [-0.05, 0) is 11.5 Å². The van der Waals surface area contributed by atoms with Gasteiger partial charge in [0.1, 0.15) is 0 Å². The summed E-state index contributed by atoms with van der Waals surface area (Å²) in [7, 11) is -3.54. The Morgan fingerprint density at radius 3 is 2.22 bits per heavy atom. The number of aliphatic hydroxyl groups is 1. The van der Waals surface area contributed by atoms with Crippen LogP contribution in [0.2, 0.25) is 0 Å². The van der Waals surface area contributed by atoms with Crippen LogP contribution in [0, 0.1) is 5.92 Å². The van der Waals surface area contributed by atoms with Crippen molar-refractivity contribution in [2.45, 2.75) is 20.0 Å². The molecule has 0 radical (unpaired) electrons. The Kier molecular flexibility index (Phi) is 5.74. The lowest BCUT2D eigenvalue weighted by Crippen LogP contribution is -2.40. The average Bonchev–Trinajstić information content (AvgIpc) is 2.35. The van der Waals surface area contributed by atoms with Crippen molar-refractivity contribution >= 4 is 10.2 Å². The maximum Gasteiger partial charge on any atom is 0.277 e. The number of rotatable bonds is 7. The number of hydrogen-bond acceptors (Lipinski definition) is 3. The van der Waals surface area contributed by atoms with Crippen molar-refractivity contribution in [3.8, 4) is 0 Å². The van der Waals surface area contributed by atoms with E-state index in [2.05, 4.69) is 9.44 Å². The first-order valence-electron chi connectivity index (χ1n) is 5.88. The molecule has 0 fully saturated rings. The molecule has 0 amide bonds. The van der Waals surface area contributed by atoms with Crippen LogP contribution in [0.5, 0.6) is 0 Å². The summed E-state index contributed by atoms with van der Waals surface area (Å²) in [5, 5.41) is 9.81. The predicted octanol–water partition coefficient (Wildman–Crippen LogP) is 0.800. The highest BCUT2D eigenvalue weighted by Crippen LogP contribution is 2.10. The van der Waals surface area contributed by atoms with Gasteiger partial charge in [0.05, 0.1) is 6.10 Å². The summed E-state index contributed by atoms with van der Waals surface area (Å²) in [5.74, 6) is 0.237. The fraction of sp³-hybridized carbons (Fsp3) is 0.500. The van der Waals surface area contributed by atoms with Crippen LogP contribution in [0.15, 0.2) is 30.3 Å². The molecule has 1 atom stereocenters. The zero-order valence-corrected chi connectivity index (χ0v) is 11.4. The van der Waals surface area contributed by atoms with Crippen molar-refractivity contribution in [3.63, 3.8) is 0 Å². The lowest BCUT2D eigenvalue weighted by molar-refractivity contribution is 0.182. The minimum atomic E-state index is -3.54. The maximum absolute atomic E-state index is 11.5. The third-order valence-corrected chi connectivity index (χ3v) is 3.43. The monoisotopic (exact) mass is 272 g/mol. The van der Waals surface area contributed by atoms with E-state index >= 15 is 0 Å². The van der Waals surface area contributed by atoms with Crippen LogP contribution in [0.25, 0.3) is 0 Å². The first-order chi connectivity index (χ1) is 8.41. The summed E-state index contributed by atoms with van der Waals surface area (Å²) >= 11 is 0. The lowest BCUT2D eigenvalue weighted by atomic mass is 10.1. The molecule has 0 saturated carbocycles. The highest BCUT2D eigenvalue weighted by atomic mass is 32.2. The molecule has 0 saturated heterocycles. The van der Waals surface area contributed by atoms with E-state index in [0.717, 1.165) is 0 Å². The van der Waals surface area contributed by atoms with Crippen LogP contribution in [0.1, 0.15) is 25.5 Å². The topological polar surface area (TPSA) is 78.4 Å². The third-order valence-electron chi connectivity index (χ3n) is 2.33. The van der Waals surface area contributed by atoms with Gasteiger partial charge in [0.2, 0.25) is 0 Å². The number of benzene rings is 1. The molecule has 0 aliphatic heterocycles. The van der Waals surface area contributed by atoms with Crippen LogP contribution in [-0.2, 0) is 10.2 Å². The lowest BCUT2D eigenvalue weighted by Gasteiger charge is -2.13. The number of aliphatic hydroxyl groups excluding tert-OH is 1. The van der Waals surface area contributed by atoms with Gasteiger partial charge in [0, 0.05) is 13.1 Å². The SMILES string of the molecule is CC(C)CNS(=O)(=O)NCC(O)c1ccccc1. The van der Waals surface area contributed by atoms with Crippen molar-refractivity contribution in [2.24, 2.45) is 5.92 Å². The van der Waals surface area contributed by atoms with Gasteiger partial charge < -0.3 is 5.11 Å². The van der Waals surface area contributed by atoms with E-state index in [-0.39, 0.29) is 12.5 Å². The van der Waals surface area contributed by atoms with E-state index in [9.17, 15) is 13.5 Å². The van der Waals surface area contributed by atoms with Crippen molar-refractivity contribution in [2.75, 3.05) is 13.1 Å². The first kappa shape index (κ1) is 15.1. The van der Waals surface area contributed by atoms with Crippen molar-refractivity contribution < 1.29 is 13.5 Å². The second-order valence-electron chi connectivity index (χ2n) is 4.52. The quantitative estimate of drug-likeness (QED) is 0.687. The van der Waals surface area contributed by atoms with Crippen LogP contribution in [0.3, 0.4) is 0 Å². The highest BCUT2D eigenvalue weighted by Gasteiger charge is 2.13. The Hall–Kier alpha value is -0.950.